The highest BCUT2D eigenvalue weighted by atomic mass is 35.5. The molecule has 2 rings (SSSR count). The van der Waals surface area contributed by atoms with Gasteiger partial charge in [0.25, 0.3) is 5.91 Å². The molecule has 0 aliphatic rings. The zero-order valence-corrected chi connectivity index (χ0v) is 11.9. The molecule has 6 heteroatoms. The highest BCUT2D eigenvalue weighted by Gasteiger charge is 2.08. The van der Waals surface area contributed by atoms with E-state index < -0.39 is 0 Å². The summed E-state index contributed by atoms with van der Waals surface area (Å²) in [5.41, 5.74) is 6.63. The Bertz CT molecular complexity index is 632. The lowest BCUT2D eigenvalue weighted by Crippen LogP contribution is -2.20. The maximum absolute atomic E-state index is 11.8. The first-order valence-electron chi connectivity index (χ1n) is 5.78. The third kappa shape index (κ3) is 3.79. The minimum Gasteiger partial charge on any atom is -0.482 e. The van der Waals surface area contributed by atoms with Crippen molar-refractivity contribution in [2.24, 2.45) is 0 Å². The number of carbonyl (C=O) groups is 1. The number of halogens is 2. The molecule has 3 N–H and O–H groups in total. The lowest BCUT2D eigenvalue weighted by atomic mass is 10.3. The normalized spacial score (nSPS) is 10.1. The molecule has 0 radical (unpaired) electrons. The third-order valence-electron chi connectivity index (χ3n) is 2.46. The number of anilines is 2. The van der Waals surface area contributed by atoms with E-state index in [1.54, 1.807) is 42.5 Å². The molecule has 0 aliphatic carbocycles. The average molecular weight is 311 g/mol. The van der Waals surface area contributed by atoms with E-state index in [2.05, 4.69) is 5.32 Å². The second-order valence-electron chi connectivity index (χ2n) is 4.01. The molecule has 0 saturated carbocycles. The van der Waals surface area contributed by atoms with Gasteiger partial charge in [-0.2, -0.15) is 0 Å². The molecule has 4 nitrogen and oxygen atoms in total. The summed E-state index contributed by atoms with van der Waals surface area (Å²) in [6.07, 6.45) is 0. The molecule has 1 amide bonds. The first-order chi connectivity index (χ1) is 9.56. The molecule has 0 fully saturated rings. The minimum absolute atomic E-state index is 0.172. The van der Waals surface area contributed by atoms with Crippen molar-refractivity contribution in [2.45, 2.75) is 0 Å². The molecular formula is C14H12Cl2N2O2. The van der Waals surface area contributed by atoms with Crippen LogP contribution in [0.3, 0.4) is 0 Å². The number of benzene rings is 2. The van der Waals surface area contributed by atoms with Gasteiger partial charge in [0.1, 0.15) is 5.75 Å². The summed E-state index contributed by atoms with van der Waals surface area (Å²) >= 11 is 11.9. The quantitative estimate of drug-likeness (QED) is 0.848. The number of nitrogens with one attached hydrogen (secondary N) is 1. The van der Waals surface area contributed by atoms with Gasteiger partial charge in [-0.1, -0.05) is 35.3 Å². The molecule has 0 atom stereocenters. The van der Waals surface area contributed by atoms with Gasteiger partial charge in [-0.15, -0.1) is 0 Å². The maximum atomic E-state index is 11.8. The lowest BCUT2D eigenvalue weighted by Gasteiger charge is -2.10. The average Bonchev–Trinajstić information content (AvgIpc) is 2.40. The van der Waals surface area contributed by atoms with Crippen molar-refractivity contribution in [3.05, 3.63) is 52.5 Å². The molecule has 20 heavy (non-hydrogen) atoms. The van der Waals surface area contributed by atoms with E-state index >= 15 is 0 Å². The van der Waals surface area contributed by atoms with Crippen molar-refractivity contribution in [3.8, 4) is 5.75 Å². The molecule has 104 valence electrons. The molecule has 2 aromatic carbocycles. The van der Waals surface area contributed by atoms with Crippen LogP contribution in [0.25, 0.3) is 0 Å². The number of hydrogen-bond donors (Lipinski definition) is 2. The second kappa shape index (κ2) is 6.50. The Morgan fingerprint density at radius 1 is 1.15 bits per heavy atom. The summed E-state index contributed by atoms with van der Waals surface area (Å²) in [6, 6.07) is 11.8. The summed E-state index contributed by atoms with van der Waals surface area (Å²) < 4.78 is 5.32. The summed E-state index contributed by atoms with van der Waals surface area (Å²) in [5.74, 6) is 0.0705. The second-order valence-corrected chi connectivity index (χ2v) is 4.82. The third-order valence-corrected chi connectivity index (χ3v) is 3.09. The minimum atomic E-state index is -0.328. The van der Waals surface area contributed by atoms with Crippen LogP contribution in [-0.2, 0) is 4.79 Å². The SMILES string of the molecule is Nc1ccc(OCC(=O)Nc2ccccc2Cl)c(Cl)c1. The van der Waals surface area contributed by atoms with Crippen molar-refractivity contribution in [2.75, 3.05) is 17.7 Å². The summed E-state index contributed by atoms with van der Waals surface area (Å²) in [6.45, 7) is -0.172. The predicted octanol–water partition coefficient (Wildman–Crippen LogP) is 3.59. The van der Waals surface area contributed by atoms with E-state index in [9.17, 15) is 4.79 Å². The summed E-state index contributed by atoms with van der Waals surface area (Å²) in [5, 5.41) is 3.47. The maximum Gasteiger partial charge on any atom is 0.262 e. The van der Waals surface area contributed by atoms with Gasteiger partial charge in [0.05, 0.1) is 15.7 Å². The number of nitrogen functional groups attached to an aromatic ring is 1. The molecule has 0 saturated heterocycles. The Balaban J connectivity index is 1.94. The van der Waals surface area contributed by atoms with E-state index in [1.807, 2.05) is 0 Å². The van der Waals surface area contributed by atoms with E-state index in [4.69, 9.17) is 33.7 Å². The number of ether oxygens (including phenoxy) is 1. The Morgan fingerprint density at radius 2 is 1.90 bits per heavy atom. The number of para-hydroxylation sites is 1. The van der Waals surface area contributed by atoms with Gasteiger partial charge < -0.3 is 15.8 Å². The van der Waals surface area contributed by atoms with E-state index in [0.29, 0.717) is 27.2 Å². The van der Waals surface area contributed by atoms with Crippen molar-refractivity contribution < 1.29 is 9.53 Å². The van der Waals surface area contributed by atoms with E-state index in [-0.39, 0.29) is 12.5 Å². The molecule has 0 bridgehead atoms. The van der Waals surface area contributed by atoms with Gasteiger partial charge in [-0.05, 0) is 30.3 Å². The standard InChI is InChI=1S/C14H12Cl2N2O2/c15-10-3-1-2-4-12(10)18-14(19)8-20-13-6-5-9(17)7-11(13)16/h1-7H,8,17H2,(H,18,19). The van der Waals surface area contributed by atoms with E-state index in [1.165, 1.54) is 0 Å². The zero-order valence-electron chi connectivity index (χ0n) is 10.4. The van der Waals surface area contributed by atoms with Gasteiger partial charge in [0.2, 0.25) is 0 Å². The fourth-order valence-corrected chi connectivity index (χ4v) is 1.95. The van der Waals surface area contributed by atoms with Gasteiger partial charge in [0, 0.05) is 5.69 Å². The van der Waals surface area contributed by atoms with Crippen LogP contribution in [-0.4, -0.2) is 12.5 Å². The van der Waals surface area contributed by atoms with Crippen LogP contribution in [0.5, 0.6) is 5.75 Å². The molecular weight excluding hydrogens is 299 g/mol. The highest BCUT2D eigenvalue weighted by Crippen LogP contribution is 2.26. The Hall–Kier alpha value is -1.91. The van der Waals surface area contributed by atoms with Crippen LogP contribution in [0.15, 0.2) is 42.5 Å². The van der Waals surface area contributed by atoms with Gasteiger partial charge in [-0.25, -0.2) is 0 Å². The first-order valence-corrected chi connectivity index (χ1v) is 6.54. The molecule has 0 aliphatic heterocycles. The van der Waals surface area contributed by atoms with E-state index in [0.717, 1.165) is 0 Å². The van der Waals surface area contributed by atoms with Gasteiger partial charge in [-0.3, -0.25) is 4.79 Å². The fourth-order valence-electron chi connectivity index (χ4n) is 1.53. The fraction of sp³-hybridized carbons (Fsp3) is 0.0714. The van der Waals surface area contributed by atoms with Crippen LogP contribution in [0.4, 0.5) is 11.4 Å². The largest absolute Gasteiger partial charge is 0.482 e. The molecule has 0 spiro atoms. The number of amides is 1. The highest BCUT2D eigenvalue weighted by molar-refractivity contribution is 6.33. The van der Waals surface area contributed by atoms with Crippen molar-refractivity contribution >= 4 is 40.5 Å². The smallest absolute Gasteiger partial charge is 0.262 e. The lowest BCUT2D eigenvalue weighted by molar-refractivity contribution is -0.118. The number of rotatable bonds is 4. The Morgan fingerprint density at radius 3 is 2.60 bits per heavy atom. The van der Waals surface area contributed by atoms with Crippen LogP contribution in [0.2, 0.25) is 10.0 Å². The molecule has 0 aromatic heterocycles. The number of carbonyl (C=O) groups excluding carboxylic acids is 1. The monoisotopic (exact) mass is 310 g/mol. The zero-order chi connectivity index (χ0) is 14.5. The molecule has 0 heterocycles. The Kier molecular flexibility index (Phi) is 4.71. The predicted molar refractivity (Wildman–Crippen MR) is 81.4 cm³/mol. The molecule has 0 unspecified atom stereocenters. The summed E-state index contributed by atoms with van der Waals surface area (Å²) in [4.78, 5) is 11.8. The molecule has 2 aromatic rings. The number of nitrogens with two attached hydrogens (primary N) is 1. The first kappa shape index (κ1) is 14.5. The van der Waals surface area contributed by atoms with Crippen molar-refractivity contribution in [1.82, 2.24) is 0 Å². The van der Waals surface area contributed by atoms with Crippen LogP contribution in [0, 0.1) is 0 Å². The van der Waals surface area contributed by atoms with Crippen LogP contribution in [0.1, 0.15) is 0 Å². The Labute approximate surface area is 126 Å². The topological polar surface area (TPSA) is 64.3 Å². The van der Waals surface area contributed by atoms with Gasteiger partial charge >= 0.3 is 0 Å². The van der Waals surface area contributed by atoms with Crippen molar-refractivity contribution in [3.63, 3.8) is 0 Å². The summed E-state index contributed by atoms with van der Waals surface area (Å²) in [7, 11) is 0. The van der Waals surface area contributed by atoms with Crippen LogP contribution >= 0.6 is 23.2 Å². The van der Waals surface area contributed by atoms with Crippen molar-refractivity contribution in [1.29, 1.82) is 0 Å². The van der Waals surface area contributed by atoms with Crippen LogP contribution < -0.4 is 15.8 Å². The number of hydrogen-bond acceptors (Lipinski definition) is 3. The van der Waals surface area contributed by atoms with Gasteiger partial charge in [0.15, 0.2) is 6.61 Å².